The van der Waals surface area contributed by atoms with Crippen LogP contribution < -0.4 is 26.2 Å². The first-order valence-electron chi connectivity index (χ1n) is 23.1. The van der Waals surface area contributed by atoms with Crippen molar-refractivity contribution in [2.75, 3.05) is 74.0 Å². The number of aromatic nitrogens is 2. The second-order valence-electron chi connectivity index (χ2n) is 19.1. The first-order valence-corrected chi connectivity index (χ1v) is 23.1. The van der Waals surface area contributed by atoms with E-state index in [-0.39, 0.29) is 48.5 Å². The summed E-state index contributed by atoms with van der Waals surface area (Å²) in [4.78, 5) is 99.1. The van der Waals surface area contributed by atoms with Gasteiger partial charge < -0.3 is 40.8 Å². The Hall–Kier alpha value is -6.10. The van der Waals surface area contributed by atoms with Crippen LogP contribution >= 0.6 is 0 Å². The minimum absolute atomic E-state index is 0.0458. The number of benzene rings is 2. The summed E-state index contributed by atoms with van der Waals surface area (Å²) in [6, 6.07) is 14.5. The molecule has 0 radical (unpaired) electrons. The summed E-state index contributed by atoms with van der Waals surface area (Å²) in [5.74, 6) is -0.905. The van der Waals surface area contributed by atoms with Gasteiger partial charge in [-0.15, -0.1) is 0 Å². The maximum absolute atomic E-state index is 13.9. The Morgan fingerprint density at radius 1 is 0.828 bits per heavy atom. The third-order valence-corrected chi connectivity index (χ3v) is 15.4. The van der Waals surface area contributed by atoms with Gasteiger partial charge in [-0.1, -0.05) is 38.0 Å². The second kappa shape index (κ2) is 16.5. The lowest BCUT2D eigenvalue weighted by Crippen LogP contribution is -2.62. The van der Waals surface area contributed by atoms with Crippen molar-refractivity contribution in [2.24, 2.45) is 5.73 Å². The Balaban J connectivity index is 0.754. The van der Waals surface area contributed by atoms with Crippen LogP contribution in [0.3, 0.4) is 0 Å². The molecule has 6 fully saturated rings. The molecule has 64 heavy (non-hydrogen) atoms. The predicted octanol–water partition coefficient (Wildman–Crippen LogP) is 3.65. The van der Waals surface area contributed by atoms with Gasteiger partial charge in [-0.05, 0) is 93.3 Å². The lowest BCUT2D eigenvalue weighted by atomic mass is 9.74. The second-order valence-corrected chi connectivity index (χ2v) is 19.1. The number of carbonyl (C=O) groups excluding carboxylic acids is 6. The first-order chi connectivity index (χ1) is 30.9. The Morgan fingerprint density at radius 3 is 2.22 bits per heavy atom. The van der Waals surface area contributed by atoms with Crippen LogP contribution in [0.4, 0.5) is 27.8 Å². The number of aldehydes is 1. The molecule has 2 atom stereocenters. The highest BCUT2D eigenvalue weighted by Gasteiger charge is 2.52. The van der Waals surface area contributed by atoms with Gasteiger partial charge >= 0.3 is 6.03 Å². The molecule has 10 rings (SSSR count). The highest BCUT2D eigenvalue weighted by Crippen LogP contribution is 2.41. The zero-order valence-electron chi connectivity index (χ0n) is 36.5. The molecule has 17 heteroatoms. The van der Waals surface area contributed by atoms with Gasteiger partial charge in [-0.25, -0.2) is 14.8 Å². The number of amides is 6. The molecule has 1 aromatic heterocycles. The molecular formula is C47H57N11O6. The number of fused-ring (bicyclic) bond motifs is 1. The standard InChI is InChI=1S/C47H57N11O6/c1-46(17-20-53(21-18-46)34-26-55(27-34)36-10-4-9-35-39(36)44(63)58(43(35)62)47(29-59)16-15-38(60)50-28-47)30-11-13-31(14-12-30)51-42-40(41(48)61)49-24-37(52-42)54-19-5-8-33(25-54)57-23-22-56(45(57)64)32-6-2-3-7-32/h4,9-14,24,29,32-34H,2-3,5-8,15-23,25-28H2,1H3,(H2,48,61)(H,50,60)(H,51,52). The Labute approximate surface area is 372 Å². The van der Waals surface area contributed by atoms with Crippen molar-refractivity contribution in [2.45, 2.75) is 100 Å². The average Bonchev–Trinajstić information content (AvgIpc) is 4.03. The molecule has 6 amide bonds. The minimum Gasteiger partial charge on any atom is -0.368 e. The first kappa shape index (κ1) is 41.9. The minimum atomic E-state index is -1.39. The molecule has 336 valence electrons. The van der Waals surface area contributed by atoms with Crippen LogP contribution in [-0.4, -0.2) is 148 Å². The maximum atomic E-state index is 13.9. The van der Waals surface area contributed by atoms with E-state index in [9.17, 15) is 28.8 Å². The molecule has 6 aliphatic heterocycles. The number of anilines is 4. The van der Waals surface area contributed by atoms with Crippen LogP contribution in [0.15, 0.2) is 48.7 Å². The Kier molecular flexibility index (Phi) is 10.8. The average molecular weight is 872 g/mol. The fourth-order valence-electron chi connectivity index (χ4n) is 11.4. The summed E-state index contributed by atoms with van der Waals surface area (Å²) in [7, 11) is 0. The molecule has 7 aliphatic rings. The van der Waals surface area contributed by atoms with Crippen molar-refractivity contribution in [3.63, 3.8) is 0 Å². The van der Waals surface area contributed by atoms with Crippen LogP contribution in [0.25, 0.3) is 0 Å². The number of hydrogen-bond donors (Lipinski definition) is 3. The van der Waals surface area contributed by atoms with Gasteiger partial charge in [0.05, 0.1) is 29.1 Å². The summed E-state index contributed by atoms with van der Waals surface area (Å²) in [5, 5.41) is 5.99. The third-order valence-electron chi connectivity index (χ3n) is 15.4. The number of nitrogens with zero attached hydrogens (tertiary/aromatic N) is 8. The highest BCUT2D eigenvalue weighted by atomic mass is 16.2. The zero-order chi connectivity index (χ0) is 44.3. The smallest absolute Gasteiger partial charge is 0.320 e. The van der Waals surface area contributed by atoms with Gasteiger partial charge in [-0.2, -0.15) is 0 Å². The van der Waals surface area contributed by atoms with E-state index in [1.54, 1.807) is 18.3 Å². The predicted molar refractivity (Wildman–Crippen MR) is 239 cm³/mol. The molecular weight excluding hydrogens is 815 g/mol. The van der Waals surface area contributed by atoms with Crippen molar-refractivity contribution < 1.29 is 28.8 Å². The van der Waals surface area contributed by atoms with Crippen LogP contribution in [-0.2, 0) is 15.0 Å². The van der Waals surface area contributed by atoms with Crippen molar-refractivity contribution >= 4 is 59.0 Å². The number of nitrogens with two attached hydrogens (primary N) is 1. The summed E-state index contributed by atoms with van der Waals surface area (Å²) in [6.07, 6.45) is 10.8. The topological polar surface area (TPSA) is 198 Å². The number of rotatable bonds is 11. The molecule has 0 spiro atoms. The van der Waals surface area contributed by atoms with Gasteiger partial charge in [0.25, 0.3) is 17.7 Å². The van der Waals surface area contributed by atoms with Crippen molar-refractivity contribution in [3.05, 3.63) is 71.0 Å². The Bertz CT molecular complexity index is 2360. The van der Waals surface area contributed by atoms with Crippen LogP contribution in [0.5, 0.6) is 0 Å². The molecule has 5 saturated heterocycles. The van der Waals surface area contributed by atoms with E-state index < -0.39 is 23.3 Å². The summed E-state index contributed by atoms with van der Waals surface area (Å²) in [6.45, 7) is 8.46. The number of primary amides is 1. The van der Waals surface area contributed by atoms with E-state index in [1.807, 2.05) is 18.2 Å². The monoisotopic (exact) mass is 871 g/mol. The fraction of sp³-hybridized carbons (Fsp3) is 0.532. The molecule has 1 aliphatic carbocycles. The van der Waals surface area contributed by atoms with Gasteiger partial charge in [0.2, 0.25) is 5.91 Å². The van der Waals surface area contributed by atoms with Crippen LogP contribution in [0.1, 0.15) is 108 Å². The van der Waals surface area contributed by atoms with E-state index in [4.69, 9.17) is 10.7 Å². The Morgan fingerprint density at radius 2 is 1.53 bits per heavy atom. The molecule has 1 saturated carbocycles. The van der Waals surface area contributed by atoms with Crippen molar-refractivity contribution in [1.82, 2.24) is 34.9 Å². The molecule has 2 aromatic carbocycles. The number of nitrogens with one attached hydrogen (secondary N) is 2. The normalized spacial score (nSPS) is 25.5. The van der Waals surface area contributed by atoms with E-state index in [2.05, 4.69) is 59.2 Å². The van der Waals surface area contributed by atoms with Crippen LogP contribution in [0, 0.1) is 0 Å². The van der Waals surface area contributed by atoms with Gasteiger partial charge in [0, 0.05) is 70.0 Å². The van der Waals surface area contributed by atoms with E-state index in [0.717, 1.165) is 94.9 Å². The zero-order valence-corrected chi connectivity index (χ0v) is 36.5. The number of likely N-dealkylation sites (tertiary alicyclic amines) is 1. The van der Waals surface area contributed by atoms with E-state index in [1.165, 1.54) is 18.4 Å². The van der Waals surface area contributed by atoms with E-state index in [0.29, 0.717) is 53.4 Å². The third kappa shape index (κ3) is 7.30. The summed E-state index contributed by atoms with van der Waals surface area (Å²) >= 11 is 0. The van der Waals surface area contributed by atoms with E-state index >= 15 is 0 Å². The van der Waals surface area contributed by atoms with Gasteiger partial charge in [0.1, 0.15) is 17.6 Å². The largest absolute Gasteiger partial charge is 0.368 e. The number of carbonyl (C=O) groups is 6. The summed E-state index contributed by atoms with van der Waals surface area (Å²) in [5.41, 5.74) is 7.73. The molecule has 17 nitrogen and oxygen atoms in total. The SMILES string of the molecule is CC1(c2ccc(Nc3nc(N4CCCC(N5CCN(C6CCCC6)C5=O)C4)cnc3C(N)=O)cc2)CCN(C2CN(c3cccc4c3C(=O)N(C3(C=O)CCC(=O)NC3)C4=O)C2)CC1. The lowest BCUT2D eigenvalue weighted by molar-refractivity contribution is -0.127. The number of urea groups is 1. The molecule has 0 bridgehead atoms. The number of piperidine rings is 3. The number of imide groups is 1. The lowest BCUT2D eigenvalue weighted by Gasteiger charge is -2.50. The highest BCUT2D eigenvalue weighted by molar-refractivity contribution is 6.25. The molecule has 2 unspecified atom stereocenters. The number of hydrogen-bond acceptors (Lipinski definition) is 12. The molecule has 4 N–H and O–H groups in total. The molecule has 7 heterocycles. The van der Waals surface area contributed by atoms with Gasteiger partial charge in [0.15, 0.2) is 11.5 Å². The van der Waals surface area contributed by atoms with Crippen molar-refractivity contribution in [3.8, 4) is 0 Å². The maximum Gasteiger partial charge on any atom is 0.320 e. The van der Waals surface area contributed by atoms with Crippen molar-refractivity contribution in [1.29, 1.82) is 0 Å². The quantitative estimate of drug-likeness (QED) is 0.187. The molecule has 3 aromatic rings. The summed E-state index contributed by atoms with van der Waals surface area (Å²) < 4.78 is 0. The van der Waals surface area contributed by atoms with Crippen LogP contribution in [0.2, 0.25) is 0 Å². The fourth-order valence-corrected chi connectivity index (χ4v) is 11.4. The van der Waals surface area contributed by atoms with Gasteiger partial charge in [-0.3, -0.25) is 29.0 Å².